The van der Waals surface area contributed by atoms with E-state index < -0.39 is 5.91 Å². The van der Waals surface area contributed by atoms with E-state index in [2.05, 4.69) is 37.2 Å². The van der Waals surface area contributed by atoms with Crippen LogP contribution in [-0.2, 0) is 11.4 Å². The van der Waals surface area contributed by atoms with Crippen LogP contribution in [0.4, 0.5) is 5.69 Å². The molecule has 0 aliphatic carbocycles. The normalized spacial score (nSPS) is 10.9. The van der Waals surface area contributed by atoms with Crippen LogP contribution in [-0.4, -0.2) is 5.91 Å². The average Bonchev–Trinajstić information content (AvgIpc) is 2.72. The van der Waals surface area contributed by atoms with Gasteiger partial charge < -0.3 is 10.1 Å². The molecule has 3 rings (SSSR count). The van der Waals surface area contributed by atoms with E-state index in [1.807, 2.05) is 48.5 Å². The topological polar surface area (TPSA) is 62.1 Å². The van der Waals surface area contributed by atoms with Gasteiger partial charge in [-0.05, 0) is 63.5 Å². The van der Waals surface area contributed by atoms with Crippen LogP contribution < -0.4 is 10.1 Å². The number of halogens is 2. The summed E-state index contributed by atoms with van der Waals surface area (Å²) in [6.45, 7) is 0.452. The van der Waals surface area contributed by atoms with E-state index in [1.54, 1.807) is 36.4 Å². The molecule has 1 N–H and O–H groups in total. The highest BCUT2D eigenvalue weighted by molar-refractivity contribution is 9.10. The van der Waals surface area contributed by atoms with Gasteiger partial charge in [0, 0.05) is 10.2 Å². The maximum atomic E-state index is 12.4. The average molecular weight is 512 g/mol. The third-order valence-corrected chi connectivity index (χ3v) is 5.06. The molecule has 0 spiro atoms. The molecule has 4 nitrogen and oxygen atoms in total. The molecule has 144 valence electrons. The standard InChI is InChI=1S/C23H16Br2N2O2/c24-19-7-4-8-20(13-19)27-23(28)18(14-26)11-17-9-10-22(21(25)12-17)29-15-16-5-2-1-3-6-16/h1-13H,15H2,(H,27,28)/b18-11-. The lowest BCUT2D eigenvalue weighted by atomic mass is 10.1. The van der Waals surface area contributed by atoms with Gasteiger partial charge in [-0.15, -0.1) is 0 Å². The molecule has 3 aromatic carbocycles. The summed E-state index contributed by atoms with van der Waals surface area (Å²) >= 11 is 6.84. The van der Waals surface area contributed by atoms with Crippen molar-refractivity contribution in [2.45, 2.75) is 6.61 Å². The SMILES string of the molecule is N#C/C(=C/c1ccc(OCc2ccccc2)c(Br)c1)C(=O)Nc1cccc(Br)c1. The third-order valence-electron chi connectivity index (χ3n) is 3.95. The Morgan fingerprint density at radius 1 is 1.03 bits per heavy atom. The van der Waals surface area contributed by atoms with Crippen molar-refractivity contribution in [2.75, 3.05) is 5.32 Å². The number of hydrogen-bond acceptors (Lipinski definition) is 3. The highest BCUT2D eigenvalue weighted by Gasteiger charge is 2.11. The van der Waals surface area contributed by atoms with E-state index in [9.17, 15) is 10.1 Å². The quantitative estimate of drug-likeness (QED) is 0.310. The van der Waals surface area contributed by atoms with Gasteiger partial charge in [-0.3, -0.25) is 4.79 Å². The zero-order valence-electron chi connectivity index (χ0n) is 15.2. The second kappa shape index (κ2) is 10.1. The molecule has 0 aliphatic rings. The minimum absolute atomic E-state index is 0.00910. The van der Waals surface area contributed by atoms with E-state index in [4.69, 9.17) is 4.74 Å². The molecule has 0 aliphatic heterocycles. The second-order valence-corrected chi connectivity index (χ2v) is 7.87. The largest absolute Gasteiger partial charge is 0.488 e. The van der Waals surface area contributed by atoms with E-state index in [0.717, 1.165) is 14.5 Å². The summed E-state index contributed by atoms with van der Waals surface area (Å²) < 4.78 is 7.41. The number of carbonyl (C=O) groups excluding carboxylic acids is 1. The summed E-state index contributed by atoms with van der Waals surface area (Å²) in [5.41, 5.74) is 2.40. The molecular formula is C23H16Br2N2O2. The summed E-state index contributed by atoms with van der Waals surface area (Å²) in [4.78, 5) is 12.4. The lowest BCUT2D eigenvalue weighted by molar-refractivity contribution is -0.112. The van der Waals surface area contributed by atoms with Crippen LogP contribution in [0.1, 0.15) is 11.1 Å². The molecule has 3 aromatic rings. The minimum atomic E-state index is -0.467. The van der Waals surface area contributed by atoms with Crippen LogP contribution >= 0.6 is 31.9 Å². The molecule has 29 heavy (non-hydrogen) atoms. The zero-order chi connectivity index (χ0) is 20.6. The molecule has 0 saturated heterocycles. The van der Waals surface area contributed by atoms with E-state index in [-0.39, 0.29) is 5.57 Å². The Balaban J connectivity index is 1.71. The first-order chi connectivity index (χ1) is 14.0. The van der Waals surface area contributed by atoms with Gasteiger partial charge in [-0.2, -0.15) is 5.26 Å². The molecule has 0 fully saturated rings. The van der Waals surface area contributed by atoms with Gasteiger partial charge in [0.25, 0.3) is 5.91 Å². The minimum Gasteiger partial charge on any atom is -0.488 e. The molecule has 0 saturated carbocycles. The molecule has 0 atom stereocenters. The van der Waals surface area contributed by atoms with Crippen LogP contribution in [0.25, 0.3) is 6.08 Å². The van der Waals surface area contributed by atoms with Gasteiger partial charge >= 0.3 is 0 Å². The fourth-order valence-corrected chi connectivity index (χ4v) is 3.45. The highest BCUT2D eigenvalue weighted by Crippen LogP contribution is 2.28. The summed E-state index contributed by atoms with van der Waals surface area (Å²) in [5, 5.41) is 12.1. The number of amides is 1. The van der Waals surface area contributed by atoms with Crippen LogP contribution in [0.2, 0.25) is 0 Å². The van der Waals surface area contributed by atoms with Crippen molar-refractivity contribution >= 4 is 49.5 Å². The third kappa shape index (κ3) is 6.05. The van der Waals surface area contributed by atoms with Crippen molar-refractivity contribution in [1.29, 1.82) is 5.26 Å². The molecular weight excluding hydrogens is 496 g/mol. The number of anilines is 1. The predicted octanol–water partition coefficient (Wildman–Crippen LogP) is 6.34. The summed E-state index contributed by atoms with van der Waals surface area (Å²) in [5.74, 6) is 0.217. The van der Waals surface area contributed by atoms with Crippen LogP contribution in [0.15, 0.2) is 87.3 Å². The molecule has 0 heterocycles. The van der Waals surface area contributed by atoms with Crippen molar-refractivity contribution in [2.24, 2.45) is 0 Å². The number of nitriles is 1. The fraction of sp³-hybridized carbons (Fsp3) is 0.0435. The van der Waals surface area contributed by atoms with Crippen LogP contribution in [0.3, 0.4) is 0 Å². The monoisotopic (exact) mass is 510 g/mol. The second-order valence-electron chi connectivity index (χ2n) is 6.10. The first kappa shape index (κ1) is 20.8. The van der Waals surface area contributed by atoms with Gasteiger partial charge in [-0.1, -0.05) is 58.4 Å². The molecule has 6 heteroatoms. The highest BCUT2D eigenvalue weighted by atomic mass is 79.9. The van der Waals surface area contributed by atoms with Crippen LogP contribution in [0.5, 0.6) is 5.75 Å². The Morgan fingerprint density at radius 3 is 2.52 bits per heavy atom. The number of nitrogens with zero attached hydrogens (tertiary/aromatic N) is 1. The Kier molecular flexibility index (Phi) is 7.23. The Hall–Kier alpha value is -2.88. The van der Waals surface area contributed by atoms with Gasteiger partial charge in [-0.25, -0.2) is 0 Å². The van der Waals surface area contributed by atoms with E-state index in [1.165, 1.54) is 0 Å². The van der Waals surface area contributed by atoms with Gasteiger partial charge in [0.15, 0.2) is 0 Å². The maximum absolute atomic E-state index is 12.4. The first-order valence-electron chi connectivity index (χ1n) is 8.70. The molecule has 0 unspecified atom stereocenters. The van der Waals surface area contributed by atoms with Crippen molar-refractivity contribution in [3.8, 4) is 11.8 Å². The van der Waals surface area contributed by atoms with Crippen LogP contribution in [0, 0.1) is 11.3 Å². The molecule has 1 amide bonds. The number of hydrogen-bond donors (Lipinski definition) is 1. The predicted molar refractivity (Wildman–Crippen MR) is 121 cm³/mol. The Labute approximate surface area is 186 Å². The van der Waals surface area contributed by atoms with E-state index in [0.29, 0.717) is 23.6 Å². The first-order valence-corrected chi connectivity index (χ1v) is 10.3. The number of rotatable bonds is 6. The van der Waals surface area contributed by atoms with Gasteiger partial charge in [0.2, 0.25) is 0 Å². The van der Waals surface area contributed by atoms with E-state index >= 15 is 0 Å². The molecule has 0 radical (unpaired) electrons. The molecule has 0 aromatic heterocycles. The number of benzene rings is 3. The smallest absolute Gasteiger partial charge is 0.266 e. The van der Waals surface area contributed by atoms with Crippen molar-refractivity contribution < 1.29 is 9.53 Å². The van der Waals surface area contributed by atoms with Crippen molar-refractivity contribution in [3.63, 3.8) is 0 Å². The fourth-order valence-electron chi connectivity index (χ4n) is 2.54. The number of nitrogens with one attached hydrogen (secondary N) is 1. The zero-order valence-corrected chi connectivity index (χ0v) is 18.4. The van der Waals surface area contributed by atoms with Gasteiger partial charge in [0.1, 0.15) is 24.0 Å². The maximum Gasteiger partial charge on any atom is 0.266 e. The molecule has 0 bridgehead atoms. The number of carbonyl (C=O) groups is 1. The lowest BCUT2D eigenvalue weighted by Crippen LogP contribution is -2.13. The number of ether oxygens (including phenoxy) is 1. The lowest BCUT2D eigenvalue weighted by Gasteiger charge is -2.09. The summed E-state index contributed by atoms with van der Waals surface area (Å²) in [7, 11) is 0. The summed E-state index contributed by atoms with van der Waals surface area (Å²) in [6.07, 6.45) is 1.54. The van der Waals surface area contributed by atoms with Gasteiger partial charge in [0.05, 0.1) is 4.47 Å². The van der Waals surface area contributed by atoms with Crippen molar-refractivity contribution in [3.05, 3.63) is 98.4 Å². The van der Waals surface area contributed by atoms with Crippen molar-refractivity contribution in [1.82, 2.24) is 0 Å². The Bertz CT molecular complexity index is 1090. The summed E-state index contributed by atoms with van der Waals surface area (Å²) in [6, 6.07) is 24.4. The Morgan fingerprint density at radius 2 is 1.83 bits per heavy atom.